The first-order valence-corrected chi connectivity index (χ1v) is 5.18. The van der Waals surface area contributed by atoms with Crippen molar-refractivity contribution in [2.24, 2.45) is 0 Å². The highest BCUT2D eigenvalue weighted by atomic mass is 35.5. The number of hydrogen-bond donors (Lipinski definition) is 1. The molecule has 0 aliphatic rings. The molecule has 0 saturated heterocycles. The van der Waals surface area contributed by atoms with Crippen LogP contribution in [0.1, 0.15) is 11.3 Å². The van der Waals surface area contributed by atoms with E-state index in [9.17, 15) is 4.39 Å². The molecule has 0 saturated carbocycles. The van der Waals surface area contributed by atoms with E-state index in [1.807, 2.05) is 0 Å². The Kier molecular flexibility index (Phi) is 3.54. The summed E-state index contributed by atoms with van der Waals surface area (Å²) in [6, 6.07) is 6.68. The van der Waals surface area contributed by atoms with Crippen LogP contribution in [0.5, 0.6) is 0 Å². The first-order valence-electron chi connectivity index (χ1n) is 4.80. The monoisotopic (exact) mass is 240 g/mol. The summed E-state index contributed by atoms with van der Waals surface area (Å²) in [4.78, 5) is 0. The van der Waals surface area contributed by atoms with Gasteiger partial charge in [-0.05, 0) is 6.07 Å². The molecule has 3 nitrogen and oxygen atoms in total. The van der Waals surface area contributed by atoms with E-state index in [0.717, 1.165) is 0 Å². The number of hydrogen-bond acceptors (Lipinski definition) is 3. The van der Waals surface area contributed by atoms with Gasteiger partial charge in [0.1, 0.15) is 11.6 Å². The quantitative estimate of drug-likeness (QED) is 0.893. The second-order valence-corrected chi connectivity index (χ2v) is 3.70. The minimum Gasteiger partial charge on any atom is -0.360 e. The van der Waals surface area contributed by atoms with Gasteiger partial charge in [0.2, 0.25) is 0 Å². The summed E-state index contributed by atoms with van der Waals surface area (Å²) in [5.74, 6) is 0.330. The molecule has 1 heterocycles. The van der Waals surface area contributed by atoms with Gasteiger partial charge in [-0.2, -0.15) is 0 Å². The van der Waals surface area contributed by atoms with Gasteiger partial charge in [0, 0.05) is 18.2 Å². The van der Waals surface area contributed by atoms with Crippen molar-refractivity contribution < 1.29 is 8.91 Å². The third-order valence-corrected chi connectivity index (χ3v) is 2.43. The van der Waals surface area contributed by atoms with E-state index in [2.05, 4.69) is 10.5 Å². The van der Waals surface area contributed by atoms with Gasteiger partial charge in [0.15, 0.2) is 0 Å². The Morgan fingerprint density at radius 1 is 1.31 bits per heavy atom. The van der Waals surface area contributed by atoms with Crippen molar-refractivity contribution in [2.75, 3.05) is 0 Å². The van der Waals surface area contributed by atoms with Crippen molar-refractivity contribution in [3.8, 4) is 0 Å². The molecule has 1 aromatic heterocycles. The molecule has 0 amide bonds. The number of benzene rings is 1. The van der Waals surface area contributed by atoms with Crippen LogP contribution in [-0.2, 0) is 13.1 Å². The molecule has 1 aromatic carbocycles. The van der Waals surface area contributed by atoms with Gasteiger partial charge in [-0.1, -0.05) is 28.9 Å². The van der Waals surface area contributed by atoms with Crippen molar-refractivity contribution in [1.29, 1.82) is 0 Å². The number of nitrogens with one attached hydrogen (secondary N) is 1. The number of nitrogens with zero attached hydrogens (tertiary/aromatic N) is 1. The highest BCUT2D eigenvalue weighted by molar-refractivity contribution is 6.30. The van der Waals surface area contributed by atoms with E-state index in [-0.39, 0.29) is 10.8 Å². The Labute approximate surface area is 97.2 Å². The fourth-order valence-corrected chi connectivity index (χ4v) is 1.53. The second kappa shape index (κ2) is 5.09. The van der Waals surface area contributed by atoms with E-state index in [4.69, 9.17) is 16.1 Å². The van der Waals surface area contributed by atoms with Crippen molar-refractivity contribution in [3.05, 3.63) is 52.6 Å². The number of aromatic nitrogens is 1. The van der Waals surface area contributed by atoms with Crippen LogP contribution < -0.4 is 5.32 Å². The first kappa shape index (κ1) is 11.1. The molecule has 0 aliphatic carbocycles. The third-order valence-electron chi connectivity index (χ3n) is 2.14. The van der Waals surface area contributed by atoms with Crippen LogP contribution in [0.15, 0.2) is 35.0 Å². The van der Waals surface area contributed by atoms with Crippen molar-refractivity contribution >= 4 is 11.6 Å². The molecule has 0 unspecified atom stereocenters. The summed E-state index contributed by atoms with van der Waals surface area (Å²) in [6.45, 7) is 0.902. The van der Waals surface area contributed by atoms with Gasteiger partial charge in [-0.15, -0.1) is 0 Å². The van der Waals surface area contributed by atoms with Crippen LogP contribution in [-0.4, -0.2) is 5.16 Å². The Balaban J connectivity index is 1.92. The Morgan fingerprint density at radius 3 is 2.94 bits per heavy atom. The molecule has 0 spiro atoms. The summed E-state index contributed by atoms with van der Waals surface area (Å²) in [6.07, 6.45) is 1.57. The highest BCUT2D eigenvalue weighted by Gasteiger charge is 2.05. The van der Waals surface area contributed by atoms with Crippen LogP contribution in [0.3, 0.4) is 0 Å². The lowest BCUT2D eigenvalue weighted by Crippen LogP contribution is -2.13. The largest absolute Gasteiger partial charge is 0.360 e. The summed E-state index contributed by atoms with van der Waals surface area (Å²) in [5, 5.41) is 6.75. The molecule has 0 bridgehead atoms. The lowest BCUT2D eigenvalue weighted by atomic mass is 10.2. The average molecular weight is 241 g/mol. The van der Waals surface area contributed by atoms with E-state index < -0.39 is 0 Å². The first-order chi connectivity index (χ1) is 7.77. The molecule has 84 valence electrons. The van der Waals surface area contributed by atoms with Gasteiger partial charge in [-0.25, -0.2) is 4.39 Å². The Bertz CT molecular complexity index is 459. The maximum Gasteiger partial charge on any atom is 0.150 e. The van der Waals surface area contributed by atoms with Crippen LogP contribution in [0.25, 0.3) is 0 Å². The van der Waals surface area contributed by atoms with E-state index in [0.29, 0.717) is 24.4 Å². The van der Waals surface area contributed by atoms with Crippen LogP contribution >= 0.6 is 11.6 Å². The molecular weight excluding hydrogens is 231 g/mol. The van der Waals surface area contributed by atoms with Crippen LogP contribution in [0.2, 0.25) is 5.02 Å². The van der Waals surface area contributed by atoms with Gasteiger partial charge >= 0.3 is 0 Å². The molecule has 2 aromatic rings. The predicted molar refractivity (Wildman–Crippen MR) is 58.5 cm³/mol. The van der Waals surface area contributed by atoms with E-state index in [1.165, 1.54) is 6.07 Å². The predicted octanol–water partition coefficient (Wildman–Crippen LogP) is 2.76. The summed E-state index contributed by atoms with van der Waals surface area (Å²) >= 11 is 5.66. The molecule has 1 N–H and O–H groups in total. The van der Waals surface area contributed by atoms with Crippen LogP contribution in [0, 0.1) is 5.82 Å². The van der Waals surface area contributed by atoms with Crippen molar-refractivity contribution in [3.63, 3.8) is 0 Å². The SMILES string of the molecule is Fc1c(Cl)cccc1CNCc1ccno1. The fraction of sp³-hybridized carbons (Fsp3) is 0.182. The lowest BCUT2D eigenvalue weighted by molar-refractivity contribution is 0.372. The molecular formula is C11H10ClFN2O. The molecule has 0 atom stereocenters. The molecule has 5 heteroatoms. The fourth-order valence-electron chi connectivity index (χ4n) is 1.34. The summed E-state index contributed by atoms with van der Waals surface area (Å²) in [5.41, 5.74) is 0.534. The molecule has 0 aliphatic heterocycles. The minimum absolute atomic E-state index is 0.138. The number of halogens is 2. The zero-order valence-corrected chi connectivity index (χ0v) is 9.17. The third kappa shape index (κ3) is 2.59. The molecule has 0 fully saturated rings. The molecule has 2 rings (SSSR count). The average Bonchev–Trinajstić information content (AvgIpc) is 2.77. The summed E-state index contributed by atoms with van der Waals surface area (Å²) in [7, 11) is 0. The van der Waals surface area contributed by atoms with Crippen molar-refractivity contribution in [2.45, 2.75) is 13.1 Å². The Morgan fingerprint density at radius 2 is 2.19 bits per heavy atom. The smallest absolute Gasteiger partial charge is 0.150 e. The Hall–Kier alpha value is -1.39. The zero-order valence-electron chi connectivity index (χ0n) is 8.41. The second-order valence-electron chi connectivity index (χ2n) is 3.30. The topological polar surface area (TPSA) is 38.1 Å². The zero-order chi connectivity index (χ0) is 11.4. The van der Waals surface area contributed by atoms with Gasteiger partial charge in [-0.3, -0.25) is 0 Å². The van der Waals surface area contributed by atoms with E-state index in [1.54, 1.807) is 24.4 Å². The van der Waals surface area contributed by atoms with Crippen LogP contribution in [0.4, 0.5) is 4.39 Å². The maximum absolute atomic E-state index is 13.5. The standard InChI is InChI=1S/C11H10ClFN2O/c12-10-3-1-2-8(11(10)13)6-14-7-9-4-5-15-16-9/h1-5,14H,6-7H2. The minimum atomic E-state index is -0.380. The maximum atomic E-state index is 13.5. The number of rotatable bonds is 4. The van der Waals surface area contributed by atoms with Crippen molar-refractivity contribution in [1.82, 2.24) is 10.5 Å². The lowest BCUT2D eigenvalue weighted by Gasteiger charge is -2.05. The normalized spacial score (nSPS) is 10.6. The summed E-state index contributed by atoms with van der Waals surface area (Å²) < 4.78 is 18.4. The van der Waals surface area contributed by atoms with Gasteiger partial charge in [0.05, 0.1) is 17.8 Å². The van der Waals surface area contributed by atoms with E-state index >= 15 is 0 Å². The highest BCUT2D eigenvalue weighted by Crippen LogP contribution is 2.17. The van der Waals surface area contributed by atoms with Gasteiger partial charge in [0.25, 0.3) is 0 Å². The van der Waals surface area contributed by atoms with Gasteiger partial charge < -0.3 is 9.84 Å². The molecule has 16 heavy (non-hydrogen) atoms. The molecule has 0 radical (unpaired) electrons.